The quantitative estimate of drug-likeness (QED) is 0.134. The minimum atomic E-state index is -4.33. The summed E-state index contributed by atoms with van der Waals surface area (Å²) in [6.07, 6.45) is 1.79. The van der Waals surface area contributed by atoms with Gasteiger partial charge in [-0.2, -0.15) is 0 Å². The SMILES string of the molecule is CCCCNC(=O)C(Cc1ccccc1)N(Cc1ccc(Cl)c(Cl)c1)C(=O)CN(c1cc(Cl)ccc1Cl)S(=O)(=O)c1ccccc1. The van der Waals surface area contributed by atoms with E-state index in [0.717, 1.165) is 22.7 Å². The van der Waals surface area contributed by atoms with E-state index in [0.29, 0.717) is 17.1 Å². The summed E-state index contributed by atoms with van der Waals surface area (Å²) in [5.74, 6) is -1.02. The Morgan fingerprint density at radius 3 is 2.09 bits per heavy atom. The Hall–Kier alpha value is -3.27. The van der Waals surface area contributed by atoms with E-state index < -0.39 is 28.5 Å². The lowest BCUT2D eigenvalue weighted by Gasteiger charge is -2.34. The number of halogens is 4. The van der Waals surface area contributed by atoms with Crippen LogP contribution in [0.4, 0.5) is 5.69 Å². The molecule has 242 valence electrons. The second kappa shape index (κ2) is 16.5. The van der Waals surface area contributed by atoms with Crippen LogP contribution in [0.25, 0.3) is 0 Å². The van der Waals surface area contributed by atoms with E-state index in [1.165, 1.54) is 35.2 Å². The predicted octanol–water partition coefficient (Wildman–Crippen LogP) is 8.05. The summed E-state index contributed by atoms with van der Waals surface area (Å²) in [4.78, 5) is 29.7. The zero-order valence-corrected chi connectivity index (χ0v) is 28.8. The number of unbranched alkanes of at least 4 members (excludes halogenated alkanes) is 1. The highest BCUT2D eigenvalue weighted by Gasteiger charge is 2.35. The molecule has 0 saturated carbocycles. The van der Waals surface area contributed by atoms with Gasteiger partial charge in [-0.1, -0.05) is 114 Å². The molecule has 0 saturated heterocycles. The number of anilines is 1. The molecule has 4 aromatic rings. The molecule has 4 rings (SSSR count). The summed E-state index contributed by atoms with van der Waals surface area (Å²) < 4.78 is 29.1. The number of hydrogen-bond acceptors (Lipinski definition) is 4. The number of carbonyl (C=O) groups excluding carboxylic acids is 2. The predicted molar refractivity (Wildman–Crippen MR) is 186 cm³/mol. The van der Waals surface area contributed by atoms with Crippen molar-refractivity contribution in [2.45, 2.75) is 43.7 Å². The van der Waals surface area contributed by atoms with E-state index in [-0.39, 0.29) is 44.5 Å². The molecule has 1 unspecified atom stereocenters. The summed E-state index contributed by atoms with van der Waals surface area (Å²) in [7, 11) is -4.33. The molecule has 46 heavy (non-hydrogen) atoms. The van der Waals surface area contributed by atoms with Gasteiger partial charge in [0, 0.05) is 24.5 Å². The van der Waals surface area contributed by atoms with Crippen LogP contribution >= 0.6 is 46.4 Å². The van der Waals surface area contributed by atoms with Gasteiger partial charge < -0.3 is 10.2 Å². The topological polar surface area (TPSA) is 86.8 Å². The van der Waals surface area contributed by atoms with Crippen molar-refractivity contribution in [2.75, 3.05) is 17.4 Å². The minimum absolute atomic E-state index is 0.0212. The lowest BCUT2D eigenvalue weighted by molar-refractivity contribution is -0.140. The van der Waals surface area contributed by atoms with Gasteiger partial charge in [0.05, 0.1) is 25.7 Å². The van der Waals surface area contributed by atoms with Crippen LogP contribution in [0.5, 0.6) is 0 Å². The molecular formula is C34H33Cl4N3O4S. The van der Waals surface area contributed by atoms with Crippen molar-refractivity contribution < 1.29 is 18.0 Å². The van der Waals surface area contributed by atoms with E-state index in [1.807, 2.05) is 37.3 Å². The van der Waals surface area contributed by atoms with E-state index in [2.05, 4.69) is 5.32 Å². The number of rotatable bonds is 14. The number of hydrogen-bond donors (Lipinski definition) is 1. The van der Waals surface area contributed by atoms with E-state index >= 15 is 0 Å². The Balaban J connectivity index is 1.82. The van der Waals surface area contributed by atoms with Crippen molar-refractivity contribution >= 4 is 73.9 Å². The monoisotopic (exact) mass is 719 g/mol. The highest BCUT2D eigenvalue weighted by molar-refractivity contribution is 7.92. The fourth-order valence-corrected chi connectivity index (χ4v) is 7.01. The molecule has 4 aromatic carbocycles. The molecule has 0 aromatic heterocycles. The smallest absolute Gasteiger partial charge is 0.264 e. The van der Waals surface area contributed by atoms with Gasteiger partial charge in [-0.15, -0.1) is 0 Å². The fraction of sp³-hybridized carbons (Fsp3) is 0.235. The molecule has 12 heteroatoms. The molecule has 7 nitrogen and oxygen atoms in total. The van der Waals surface area contributed by atoms with E-state index in [4.69, 9.17) is 46.4 Å². The lowest BCUT2D eigenvalue weighted by Crippen LogP contribution is -2.53. The highest BCUT2D eigenvalue weighted by Crippen LogP contribution is 2.33. The molecule has 0 aliphatic rings. The average Bonchev–Trinajstić information content (AvgIpc) is 3.05. The maximum Gasteiger partial charge on any atom is 0.264 e. The summed E-state index contributed by atoms with van der Waals surface area (Å²) in [6, 6.07) is 25.3. The molecule has 0 aliphatic heterocycles. The van der Waals surface area contributed by atoms with Gasteiger partial charge in [0.1, 0.15) is 12.6 Å². The van der Waals surface area contributed by atoms with Crippen molar-refractivity contribution in [2.24, 2.45) is 0 Å². The molecule has 0 bridgehead atoms. The highest BCUT2D eigenvalue weighted by atomic mass is 35.5. The fourth-order valence-electron chi connectivity index (χ4n) is 4.80. The van der Waals surface area contributed by atoms with Crippen molar-refractivity contribution in [1.29, 1.82) is 0 Å². The van der Waals surface area contributed by atoms with Crippen LogP contribution in [0, 0.1) is 0 Å². The molecule has 1 N–H and O–H groups in total. The van der Waals surface area contributed by atoms with Crippen LogP contribution in [0.15, 0.2) is 102 Å². The van der Waals surface area contributed by atoms with E-state index in [9.17, 15) is 18.0 Å². The minimum Gasteiger partial charge on any atom is -0.354 e. The van der Waals surface area contributed by atoms with Crippen LogP contribution in [0.2, 0.25) is 20.1 Å². The number of sulfonamides is 1. The van der Waals surface area contributed by atoms with Crippen LogP contribution in [0.3, 0.4) is 0 Å². The second-order valence-corrected chi connectivity index (χ2v) is 14.1. The van der Waals surface area contributed by atoms with Gasteiger partial charge in [0.25, 0.3) is 10.0 Å². The average molecular weight is 722 g/mol. The first kappa shape index (κ1) is 35.6. The summed E-state index contributed by atoms with van der Waals surface area (Å²) in [5.41, 5.74) is 1.44. The third-order valence-corrected chi connectivity index (χ3v) is 10.3. The van der Waals surface area contributed by atoms with Crippen LogP contribution < -0.4 is 9.62 Å². The Labute approximate surface area is 290 Å². The van der Waals surface area contributed by atoms with Crippen LogP contribution in [0.1, 0.15) is 30.9 Å². The van der Waals surface area contributed by atoms with Gasteiger partial charge in [-0.05, 0) is 60.0 Å². The van der Waals surface area contributed by atoms with Gasteiger partial charge in [0.2, 0.25) is 11.8 Å². The molecule has 0 spiro atoms. The maximum atomic E-state index is 14.5. The van der Waals surface area contributed by atoms with Gasteiger partial charge in [0.15, 0.2) is 0 Å². The number of amides is 2. The molecule has 0 radical (unpaired) electrons. The van der Waals surface area contributed by atoms with Crippen molar-refractivity contribution in [1.82, 2.24) is 10.2 Å². The van der Waals surface area contributed by atoms with Crippen molar-refractivity contribution in [3.8, 4) is 0 Å². The molecule has 0 fully saturated rings. The first-order valence-electron chi connectivity index (χ1n) is 14.6. The third kappa shape index (κ3) is 9.17. The van der Waals surface area contributed by atoms with Crippen LogP contribution in [-0.2, 0) is 32.6 Å². The molecule has 0 aliphatic carbocycles. The first-order valence-corrected chi connectivity index (χ1v) is 17.5. The molecule has 0 heterocycles. The standard InChI is InChI=1S/C34H33Cl4N3O4S/c1-2-3-18-39-34(43)32(20-24-10-6-4-7-11-24)40(22-25-14-16-28(36)30(38)19-25)33(42)23-41(31-21-26(35)15-17-29(31)37)46(44,45)27-12-8-5-9-13-27/h4-17,19,21,32H,2-3,18,20,22-23H2,1H3,(H,39,43). The number of benzene rings is 4. The van der Waals surface area contributed by atoms with Crippen molar-refractivity contribution in [3.05, 3.63) is 128 Å². The number of nitrogens with one attached hydrogen (secondary N) is 1. The number of carbonyl (C=O) groups is 2. The summed E-state index contributed by atoms with van der Waals surface area (Å²) >= 11 is 25.3. The van der Waals surface area contributed by atoms with Gasteiger partial charge in [-0.25, -0.2) is 8.42 Å². The summed E-state index contributed by atoms with van der Waals surface area (Å²) in [5, 5.41) is 3.86. The van der Waals surface area contributed by atoms with E-state index in [1.54, 1.807) is 36.4 Å². The second-order valence-electron chi connectivity index (χ2n) is 10.5. The summed E-state index contributed by atoms with van der Waals surface area (Å²) in [6.45, 7) is 1.70. The largest absolute Gasteiger partial charge is 0.354 e. The third-order valence-electron chi connectivity index (χ3n) is 7.22. The number of nitrogens with zero attached hydrogens (tertiary/aromatic N) is 2. The maximum absolute atomic E-state index is 14.5. The van der Waals surface area contributed by atoms with Crippen LogP contribution in [-0.4, -0.2) is 44.3 Å². The first-order chi connectivity index (χ1) is 22.0. The van der Waals surface area contributed by atoms with Gasteiger partial charge in [-0.3, -0.25) is 13.9 Å². The molecule has 1 atom stereocenters. The molecule has 2 amide bonds. The Morgan fingerprint density at radius 1 is 0.783 bits per heavy atom. The van der Waals surface area contributed by atoms with Crippen molar-refractivity contribution in [3.63, 3.8) is 0 Å². The Bertz CT molecular complexity index is 1760. The lowest BCUT2D eigenvalue weighted by atomic mass is 10.0. The Morgan fingerprint density at radius 2 is 1.43 bits per heavy atom. The Kier molecular flexibility index (Phi) is 12.8. The zero-order valence-electron chi connectivity index (χ0n) is 25.0. The molecular weight excluding hydrogens is 688 g/mol. The normalized spacial score (nSPS) is 11.9. The van der Waals surface area contributed by atoms with Gasteiger partial charge >= 0.3 is 0 Å². The zero-order chi connectivity index (χ0) is 33.3.